The third-order valence-corrected chi connectivity index (χ3v) is 5.08. The fourth-order valence-electron chi connectivity index (χ4n) is 3.40. The first-order valence-corrected chi connectivity index (χ1v) is 10.3. The van der Waals surface area contributed by atoms with Crippen LogP contribution in [0.5, 0.6) is 11.5 Å². The van der Waals surface area contributed by atoms with Crippen molar-refractivity contribution in [2.24, 2.45) is 0 Å². The second kappa shape index (κ2) is 9.94. The predicted molar refractivity (Wildman–Crippen MR) is 117 cm³/mol. The number of hydrogen-bond donors (Lipinski definition) is 2. The van der Waals surface area contributed by atoms with Crippen LogP contribution in [0.2, 0.25) is 0 Å². The van der Waals surface area contributed by atoms with Crippen molar-refractivity contribution >= 4 is 5.91 Å². The van der Waals surface area contributed by atoms with Gasteiger partial charge in [0.2, 0.25) is 0 Å². The molecule has 2 N–H and O–H groups in total. The van der Waals surface area contributed by atoms with Gasteiger partial charge in [0.1, 0.15) is 13.2 Å². The molecule has 1 atom stereocenters. The van der Waals surface area contributed by atoms with Gasteiger partial charge in [0.05, 0.1) is 0 Å². The Morgan fingerprint density at radius 3 is 2.10 bits per heavy atom. The maximum absolute atomic E-state index is 12.7. The minimum Gasteiger partial charge on any atom is -0.485 e. The molecule has 4 rings (SSSR count). The number of nitrogens with one attached hydrogen (secondary N) is 2. The number of amides is 1. The molecule has 0 saturated carbocycles. The van der Waals surface area contributed by atoms with E-state index in [9.17, 15) is 4.79 Å². The normalized spacial score (nSPS) is 15.5. The van der Waals surface area contributed by atoms with E-state index in [2.05, 4.69) is 10.6 Å². The first kappa shape index (κ1) is 20.0. The van der Waals surface area contributed by atoms with E-state index in [0.29, 0.717) is 30.3 Å². The van der Waals surface area contributed by atoms with E-state index in [0.717, 1.165) is 30.6 Å². The van der Waals surface area contributed by atoms with E-state index in [1.165, 1.54) is 0 Å². The number of ether oxygens (including phenoxy) is 2. The summed E-state index contributed by atoms with van der Waals surface area (Å²) in [5.41, 5.74) is 2.69. The number of carbonyl (C=O) groups is 1. The Kier molecular flexibility index (Phi) is 6.62. The number of rotatable bonds is 8. The lowest BCUT2D eigenvalue weighted by atomic mass is 10.1. The van der Waals surface area contributed by atoms with Crippen LogP contribution in [0.1, 0.15) is 27.9 Å². The quantitative estimate of drug-likeness (QED) is 0.599. The van der Waals surface area contributed by atoms with Crippen molar-refractivity contribution in [1.82, 2.24) is 10.6 Å². The van der Waals surface area contributed by atoms with Gasteiger partial charge in [-0.25, -0.2) is 0 Å². The summed E-state index contributed by atoms with van der Waals surface area (Å²) in [5, 5.41) is 6.34. The van der Waals surface area contributed by atoms with Gasteiger partial charge in [0.25, 0.3) is 5.91 Å². The van der Waals surface area contributed by atoms with Crippen LogP contribution in [-0.2, 0) is 13.2 Å². The first-order chi connectivity index (χ1) is 14.8. The van der Waals surface area contributed by atoms with Crippen molar-refractivity contribution < 1.29 is 14.3 Å². The van der Waals surface area contributed by atoms with Crippen LogP contribution < -0.4 is 20.1 Å². The molecule has 1 amide bonds. The molecule has 0 aromatic heterocycles. The zero-order valence-corrected chi connectivity index (χ0v) is 16.8. The molecule has 1 fully saturated rings. The molecule has 3 aromatic rings. The summed E-state index contributed by atoms with van der Waals surface area (Å²) < 4.78 is 12.1. The number of benzene rings is 3. The third-order valence-electron chi connectivity index (χ3n) is 5.08. The zero-order valence-electron chi connectivity index (χ0n) is 16.8. The summed E-state index contributed by atoms with van der Waals surface area (Å²) in [7, 11) is 0. The van der Waals surface area contributed by atoms with Crippen LogP contribution in [0.25, 0.3) is 0 Å². The molecule has 1 aliphatic rings. The molecule has 0 radical (unpaired) electrons. The minimum atomic E-state index is -0.0946. The molecule has 1 heterocycles. The highest BCUT2D eigenvalue weighted by molar-refractivity contribution is 5.95. The Balaban J connectivity index is 1.50. The van der Waals surface area contributed by atoms with E-state index in [1.807, 2.05) is 66.7 Å². The van der Waals surface area contributed by atoms with Crippen LogP contribution in [0, 0.1) is 0 Å². The summed E-state index contributed by atoms with van der Waals surface area (Å²) in [6.07, 6.45) is 0.946. The number of hydrogen-bond acceptors (Lipinski definition) is 4. The van der Waals surface area contributed by atoms with Crippen LogP contribution in [0.15, 0.2) is 78.9 Å². The van der Waals surface area contributed by atoms with Crippen molar-refractivity contribution in [2.75, 3.05) is 13.1 Å². The fourth-order valence-corrected chi connectivity index (χ4v) is 3.40. The maximum atomic E-state index is 12.7. The summed E-state index contributed by atoms with van der Waals surface area (Å²) >= 11 is 0. The maximum Gasteiger partial charge on any atom is 0.251 e. The SMILES string of the molecule is O=C(NC1CCNC1)c1ccc(OCc2ccccc2)c(OCc2ccccc2)c1. The van der Waals surface area contributed by atoms with E-state index in [1.54, 1.807) is 12.1 Å². The van der Waals surface area contributed by atoms with Crippen molar-refractivity contribution in [3.63, 3.8) is 0 Å². The minimum absolute atomic E-state index is 0.0946. The first-order valence-electron chi connectivity index (χ1n) is 10.3. The summed E-state index contributed by atoms with van der Waals surface area (Å²) in [4.78, 5) is 12.7. The molecule has 30 heavy (non-hydrogen) atoms. The second-order valence-electron chi connectivity index (χ2n) is 7.37. The third kappa shape index (κ3) is 5.39. The Morgan fingerprint density at radius 2 is 1.50 bits per heavy atom. The smallest absolute Gasteiger partial charge is 0.251 e. The molecule has 0 bridgehead atoms. The Labute approximate surface area is 177 Å². The van der Waals surface area contributed by atoms with Gasteiger partial charge < -0.3 is 20.1 Å². The Hall–Kier alpha value is -3.31. The van der Waals surface area contributed by atoms with Crippen molar-refractivity contribution in [3.8, 4) is 11.5 Å². The lowest BCUT2D eigenvalue weighted by Gasteiger charge is -2.16. The fraction of sp³-hybridized carbons (Fsp3) is 0.240. The van der Waals surface area contributed by atoms with Gasteiger partial charge in [-0.1, -0.05) is 60.7 Å². The molecule has 1 unspecified atom stereocenters. The van der Waals surface area contributed by atoms with Crippen LogP contribution in [0.4, 0.5) is 0 Å². The van der Waals surface area contributed by atoms with Gasteiger partial charge in [0.15, 0.2) is 11.5 Å². The summed E-state index contributed by atoms with van der Waals surface area (Å²) in [6.45, 7) is 2.58. The molecule has 0 aliphatic carbocycles. The van der Waals surface area contributed by atoms with Gasteiger partial charge in [-0.15, -0.1) is 0 Å². The van der Waals surface area contributed by atoms with Gasteiger partial charge >= 0.3 is 0 Å². The molecule has 1 saturated heterocycles. The van der Waals surface area contributed by atoms with E-state index in [-0.39, 0.29) is 11.9 Å². The van der Waals surface area contributed by atoms with Gasteiger partial charge in [-0.05, 0) is 42.3 Å². The van der Waals surface area contributed by atoms with Crippen molar-refractivity contribution in [1.29, 1.82) is 0 Å². The Morgan fingerprint density at radius 1 is 0.867 bits per heavy atom. The highest BCUT2D eigenvalue weighted by Crippen LogP contribution is 2.30. The van der Waals surface area contributed by atoms with Gasteiger partial charge in [-0.2, -0.15) is 0 Å². The van der Waals surface area contributed by atoms with Crippen molar-refractivity contribution in [2.45, 2.75) is 25.7 Å². The molecular weight excluding hydrogens is 376 g/mol. The highest BCUT2D eigenvalue weighted by Gasteiger charge is 2.19. The summed E-state index contributed by atoms with van der Waals surface area (Å²) in [5.74, 6) is 1.09. The summed E-state index contributed by atoms with van der Waals surface area (Å²) in [6, 6.07) is 25.4. The van der Waals surface area contributed by atoms with Gasteiger partial charge in [-0.3, -0.25) is 4.79 Å². The van der Waals surface area contributed by atoms with Gasteiger partial charge in [0, 0.05) is 18.2 Å². The second-order valence-corrected chi connectivity index (χ2v) is 7.37. The number of carbonyl (C=O) groups excluding carboxylic acids is 1. The average Bonchev–Trinajstić information content (AvgIpc) is 3.31. The van der Waals surface area contributed by atoms with Crippen LogP contribution in [-0.4, -0.2) is 25.0 Å². The lowest BCUT2D eigenvalue weighted by molar-refractivity contribution is 0.0939. The average molecular weight is 402 g/mol. The van der Waals surface area contributed by atoms with E-state index in [4.69, 9.17) is 9.47 Å². The molecule has 5 heteroatoms. The van der Waals surface area contributed by atoms with E-state index >= 15 is 0 Å². The molecular formula is C25H26N2O3. The standard InChI is InChI=1S/C25H26N2O3/c28-25(27-22-13-14-26-16-22)21-11-12-23(29-17-19-7-3-1-4-8-19)24(15-21)30-18-20-9-5-2-6-10-20/h1-12,15,22,26H,13-14,16-18H2,(H,27,28). The molecule has 3 aromatic carbocycles. The van der Waals surface area contributed by atoms with E-state index < -0.39 is 0 Å². The largest absolute Gasteiger partial charge is 0.485 e. The zero-order chi connectivity index (χ0) is 20.6. The highest BCUT2D eigenvalue weighted by atomic mass is 16.5. The van der Waals surface area contributed by atoms with Crippen LogP contribution in [0.3, 0.4) is 0 Å². The lowest BCUT2D eigenvalue weighted by Crippen LogP contribution is -2.36. The van der Waals surface area contributed by atoms with Crippen LogP contribution >= 0.6 is 0 Å². The molecule has 5 nitrogen and oxygen atoms in total. The topological polar surface area (TPSA) is 59.6 Å². The predicted octanol–water partition coefficient (Wildman–Crippen LogP) is 3.94. The monoisotopic (exact) mass is 402 g/mol. The van der Waals surface area contributed by atoms with Crippen molar-refractivity contribution in [3.05, 3.63) is 95.6 Å². The molecule has 1 aliphatic heterocycles. The molecule has 0 spiro atoms. The molecule has 154 valence electrons. The Bertz CT molecular complexity index is 955.